The van der Waals surface area contributed by atoms with Gasteiger partial charge in [-0.15, -0.1) is 0 Å². The standard InChI is InChI=1S/C21H31N3O5S2/c25-21(22-18-9-14-30(26,27)16-18)17-7-8-19(23-10-3-1-4-11-23)20(15-17)31(28,29)24-12-5-2-6-13-24/h7-8,15,18H,1-6,9-14,16H2,(H,22,25). The third kappa shape index (κ3) is 5.06. The van der Waals surface area contributed by atoms with Crippen molar-refractivity contribution in [2.75, 3.05) is 42.6 Å². The third-order valence-electron chi connectivity index (χ3n) is 6.42. The summed E-state index contributed by atoms with van der Waals surface area (Å²) in [5, 5.41) is 2.77. The van der Waals surface area contributed by atoms with Crippen LogP contribution >= 0.6 is 0 Å². The van der Waals surface area contributed by atoms with Gasteiger partial charge in [0.05, 0.1) is 17.2 Å². The van der Waals surface area contributed by atoms with Gasteiger partial charge in [0.25, 0.3) is 5.91 Å². The zero-order valence-corrected chi connectivity index (χ0v) is 19.4. The molecule has 1 amide bonds. The van der Waals surface area contributed by atoms with E-state index in [1.54, 1.807) is 12.1 Å². The average Bonchev–Trinajstić information content (AvgIpc) is 3.12. The van der Waals surface area contributed by atoms with Crippen molar-refractivity contribution in [3.63, 3.8) is 0 Å². The molecule has 0 radical (unpaired) electrons. The Labute approximate surface area is 185 Å². The van der Waals surface area contributed by atoms with E-state index in [-0.39, 0.29) is 22.0 Å². The lowest BCUT2D eigenvalue weighted by Gasteiger charge is -2.33. The highest BCUT2D eigenvalue weighted by Crippen LogP contribution is 2.32. The van der Waals surface area contributed by atoms with Crippen LogP contribution in [0.3, 0.4) is 0 Å². The summed E-state index contributed by atoms with van der Waals surface area (Å²) < 4.78 is 52.0. The zero-order valence-electron chi connectivity index (χ0n) is 17.8. The summed E-state index contributed by atoms with van der Waals surface area (Å²) >= 11 is 0. The van der Waals surface area contributed by atoms with Gasteiger partial charge in [-0.2, -0.15) is 4.31 Å². The van der Waals surface area contributed by atoms with E-state index in [0.29, 0.717) is 25.2 Å². The third-order valence-corrected chi connectivity index (χ3v) is 10.1. The molecular weight excluding hydrogens is 438 g/mol. The molecule has 1 aromatic rings. The predicted octanol–water partition coefficient (Wildman–Crippen LogP) is 1.77. The van der Waals surface area contributed by atoms with Gasteiger partial charge in [0.15, 0.2) is 9.84 Å². The van der Waals surface area contributed by atoms with Crippen molar-refractivity contribution in [1.82, 2.24) is 9.62 Å². The fraction of sp³-hybridized carbons (Fsp3) is 0.667. The number of rotatable bonds is 5. The van der Waals surface area contributed by atoms with Gasteiger partial charge >= 0.3 is 0 Å². The number of carbonyl (C=O) groups excluding carboxylic acids is 1. The highest BCUT2D eigenvalue weighted by Gasteiger charge is 2.32. The number of benzene rings is 1. The Morgan fingerprint density at radius 3 is 2.23 bits per heavy atom. The van der Waals surface area contributed by atoms with Crippen LogP contribution in [0.25, 0.3) is 0 Å². The van der Waals surface area contributed by atoms with E-state index in [1.165, 1.54) is 10.4 Å². The van der Waals surface area contributed by atoms with Crippen LogP contribution in [0.2, 0.25) is 0 Å². The van der Waals surface area contributed by atoms with Gasteiger partial charge in [-0.1, -0.05) is 6.42 Å². The van der Waals surface area contributed by atoms with Crippen molar-refractivity contribution in [2.45, 2.75) is 55.9 Å². The van der Waals surface area contributed by atoms with E-state index in [0.717, 1.165) is 51.6 Å². The summed E-state index contributed by atoms with van der Waals surface area (Å²) in [6.45, 7) is 2.60. The number of amides is 1. The first-order valence-corrected chi connectivity index (χ1v) is 14.4. The summed E-state index contributed by atoms with van der Waals surface area (Å²) in [6.07, 6.45) is 6.26. The molecule has 31 heavy (non-hydrogen) atoms. The summed E-state index contributed by atoms with van der Waals surface area (Å²) in [7, 11) is -6.84. The Bertz CT molecular complexity index is 1030. The van der Waals surface area contributed by atoms with E-state index in [4.69, 9.17) is 0 Å². The van der Waals surface area contributed by atoms with Crippen molar-refractivity contribution in [1.29, 1.82) is 0 Å². The van der Waals surface area contributed by atoms with Crippen LogP contribution in [0, 0.1) is 0 Å². The highest BCUT2D eigenvalue weighted by molar-refractivity contribution is 7.91. The topological polar surface area (TPSA) is 104 Å². The molecule has 0 bridgehead atoms. The van der Waals surface area contributed by atoms with Gasteiger partial charge < -0.3 is 10.2 Å². The second-order valence-corrected chi connectivity index (χ2v) is 12.9. The van der Waals surface area contributed by atoms with Crippen molar-refractivity contribution >= 4 is 31.5 Å². The Balaban J connectivity index is 1.65. The maximum atomic E-state index is 13.5. The van der Waals surface area contributed by atoms with Gasteiger partial charge in [-0.05, 0) is 56.7 Å². The number of sulfone groups is 1. The molecule has 1 unspecified atom stereocenters. The van der Waals surface area contributed by atoms with E-state index in [2.05, 4.69) is 10.2 Å². The number of nitrogens with zero attached hydrogens (tertiary/aromatic N) is 2. The fourth-order valence-corrected chi connectivity index (χ4v) is 8.11. The number of nitrogens with one attached hydrogen (secondary N) is 1. The Kier molecular flexibility index (Phi) is 6.60. The second kappa shape index (κ2) is 9.07. The SMILES string of the molecule is O=C(NC1CCS(=O)(=O)C1)c1ccc(N2CCCCC2)c(S(=O)(=O)N2CCCCC2)c1. The Morgan fingerprint density at radius 1 is 0.968 bits per heavy atom. The minimum absolute atomic E-state index is 0.0659. The molecule has 1 aromatic carbocycles. The average molecular weight is 470 g/mol. The molecule has 0 aromatic heterocycles. The fourth-order valence-electron chi connectivity index (χ4n) is 4.68. The second-order valence-electron chi connectivity index (χ2n) is 8.77. The number of carbonyl (C=O) groups is 1. The molecule has 3 fully saturated rings. The van der Waals surface area contributed by atoms with Gasteiger partial charge in [-0.3, -0.25) is 4.79 Å². The summed E-state index contributed by atoms with van der Waals surface area (Å²) in [6, 6.07) is 4.44. The lowest BCUT2D eigenvalue weighted by molar-refractivity contribution is 0.0941. The lowest BCUT2D eigenvalue weighted by Crippen LogP contribution is -2.38. The van der Waals surface area contributed by atoms with Crippen LogP contribution < -0.4 is 10.2 Å². The first-order valence-electron chi connectivity index (χ1n) is 11.2. The summed E-state index contributed by atoms with van der Waals surface area (Å²) in [4.78, 5) is 15.1. The van der Waals surface area contributed by atoms with E-state index >= 15 is 0 Å². The molecule has 3 aliphatic rings. The molecule has 0 saturated carbocycles. The molecule has 1 atom stereocenters. The maximum Gasteiger partial charge on any atom is 0.251 e. The van der Waals surface area contributed by atoms with Crippen LogP contribution in [-0.4, -0.2) is 70.8 Å². The van der Waals surface area contributed by atoms with Crippen molar-refractivity contribution < 1.29 is 21.6 Å². The largest absolute Gasteiger partial charge is 0.370 e. The zero-order chi connectivity index (χ0) is 22.1. The molecule has 4 rings (SSSR count). The molecule has 10 heteroatoms. The van der Waals surface area contributed by atoms with Crippen molar-refractivity contribution in [3.05, 3.63) is 23.8 Å². The molecule has 172 valence electrons. The molecule has 0 spiro atoms. The van der Waals surface area contributed by atoms with Crippen LogP contribution in [0.5, 0.6) is 0 Å². The maximum absolute atomic E-state index is 13.5. The number of sulfonamides is 1. The molecule has 3 heterocycles. The number of hydrogen-bond donors (Lipinski definition) is 1. The molecule has 8 nitrogen and oxygen atoms in total. The van der Waals surface area contributed by atoms with Gasteiger partial charge in [0.1, 0.15) is 4.90 Å². The highest BCUT2D eigenvalue weighted by atomic mass is 32.2. The van der Waals surface area contributed by atoms with Crippen LogP contribution in [-0.2, 0) is 19.9 Å². The van der Waals surface area contributed by atoms with Crippen LogP contribution in [0.4, 0.5) is 5.69 Å². The first-order chi connectivity index (χ1) is 14.8. The minimum atomic E-state index is -3.73. The van der Waals surface area contributed by atoms with Crippen LogP contribution in [0.15, 0.2) is 23.1 Å². The molecular formula is C21H31N3O5S2. The number of anilines is 1. The summed E-state index contributed by atoms with van der Waals surface area (Å²) in [5.74, 6) is -0.424. The smallest absolute Gasteiger partial charge is 0.251 e. The minimum Gasteiger partial charge on any atom is -0.370 e. The molecule has 1 N–H and O–H groups in total. The first kappa shape index (κ1) is 22.5. The molecule has 0 aliphatic carbocycles. The van der Waals surface area contributed by atoms with E-state index < -0.39 is 31.8 Å². The quantitative estimate of drug-likeness (QED) is 0.705. The van der Waals surface area contributed by atoms with Crippen molar-refractivity contribution in [3.8, 4) is 0 Å². The summed E-state index contributed by atoms with van der Waals surface area (Å²) in [5.41, 5.74) is 0.908. The van der Waals surface area contributed by atoms with E-state index in [1.807, 2.05) is 0 Å². The Morgan fingerprint density at radius 2 is 1.61 bits per heavy atom. The predicted molar refractivity (Wildman–Crippen MR) is 120 cm³/mol. The van der Waals surface area contributed by atoms with Crippen molar-refractivity contribution in [2.24, 2.45) is 0 Å². The molecule has 3 aliphatic heterocycles. The number of hydrogen-bond acceptors (Lipinski definition) is 6. The van der Waals surface area contributed by atoms with Gasteiger partial charge in [-0.25, -0.2) is 16.8 Å². The van der Waals surface area contributed by atoms with Crippen LogP contribution in [0.1, 0.15) is 55.3 Å². The van der Waals surface area contributed by atoms with Gasteiger partial charge in [0, 0.05) is 37.8 Å². The molecule has 3 saturated heterocycles. The Hall–Kier alpha value is -1.65. The van der Waals surface area contributed by atoms with Gasteiger partial charge in [0.2, 0.25) is 10.0 Å². The monoisotopic (exact) mass is 469 g/mol. The lowest BCUT2D eigenvalue weighted by atomic mass is 10.1. The normalized spacial score (nSPS) is 24.8. The number of piperidine rings is 2. The van der Waals surface area contributed by atoms with E-state index in [9.17, 15) is 21.6 Å².